The summed E-state index contributed by atoms with van der Waals surface area (Å²) >= 11 is 1.65. The zero-order valence-corrected chi connectivity index (χ0v) is 22.1. The van der Waals surface area contributed by atoms with Crippen molar-refractivity contribution < 1.29 is 18.0 Å². The van der Waals surface area contributed by atoms with Crippen molar-refractivity contribution in [2.24, 2.45) is 0 Å². The van der Waals surface area contributed by atoms with Crippen molar-refractivity contribution >= 4 is 29.0 Å². The van der Waals surface area contributed by atoms with Gasteiger partial charge in [0.25, 0.3) is 5.91 Å². The van der Waals surface area contributed by atoms with Crippen LogP contribution in [0, 0.1) is 6.92 Å². The number of piperazine rings is 1. The van der Waals surface area contributed by atoms with Crippen LogP contribution in [0.3, 0.4) is 0 Å². The van der Waals surface area contributed by atoms with E-state index >= 15 is 0 Å². The van der Waals surface area contributed by atoms with Crippen molar-refractivity contribution in [2.45, 2.75) is 31.1 Å². The van der Waals surface area contributed by atoms with Crippen LogP contribution in [0.15, 0.2) is 53.9 Å². The number of carbonyl (C=O) groups is 1. The average Bonchev–Trinajstić information content (AvgIpc) is 2.91. The van der Waals surface area contributed by atoms with E-state index in [0.717, 1.165) is 54.3 Å². The molecule has 2 aliphatic rings. The zero-order chi connectivity index (χ0) is 26.9. The fourth-order valence-electron chi connectivity index (χ4n) is 4.76. The summed E-state index contributed by atoms with van der Waals surface area (Å²) in [6.45, 7) is 5.79. The fourth-order valence-corrected chi connectivity index (χ4v) is 5.77. The summed E-state index contributed by atoms with van der Waals surface area (Å²) in [5.74, 6) is 0.284. The Hall–Kier alpha value is -3.15. The summed E-state index contributed by atoms with van der Waals surface area (Å²) in [5, 5.41) is 2.73. The number of rotatable bonds is 5. The van der Waals surface area contributed by atoms with Gasteiger partial charge in [-0.3, -0.25) is 9.69 Å². The molecule has 0 saturated carbocycles. The molecule has 1 saturated heterocycles. The number of aromatic nitrogens is 2. The number of nitrogens with zero attached hydrogens (tertiary/aromatic N) is 5. The summed E-state index contributed by atoms with van der Waals surface area (Å²) in [7, 11) is 2.04. The lowest BCUT2D eigenvalue weighted by Gasteiger charge is -2.33. The van der Waals surface area contributed by atoms with E-state index in [4.69, 9.17) is 0 Å². The second kappa shape index (κ2) is 10.9. The van der Waals surface area contributed by atoms with Crippen LogP contribution in [0.4, 0.5) is 24.5 Å². The summed E-state index contributed by atoms with van der Waals surface area (Å²) < 4.78 is 41.7. The Morgan fingerprint density at radius 2 is 1.82 bits per heavy atom. The minimum absolute atomic E-state index is 0.146. The maximum Gasteiger partial charge on any atom is 0.416 e. The first kappa shape index (κ1) is 26.5. The molecular weight excluding hydrogens is 513 g/mol. The molecule has 1 fully saturated rings. The molecule has 1 N–H and O–H groups in total. The van der Waals surface area contributed by atoms with Crippen molar-refractivity contribution in [2.75, 3.05) is 49.3 Å². The minimum Gasteiger partial charge on any atom is -0.355 e. The Labute approximate surface area is 224 Å². The molecular formula is C27H29F3N6OS. The van der Waals surface area contributed by atoms with Gasteiger partial charge in [-0.1, -0.05) is 0 Å². The number of carbonyl (C=O) groups excluding carboxylic acids is 1. The van der Waals surface area contributed by atoms with Crippen LogP contribution in [0.5, 0.6) is 0 Å². The Bertz CT molecular complexity index is 1310. The van der Waals surface area contributed by atoms with Gasteiger partial charge < -0.3 is 15.1 Å². The van der Waals surface area contributed by atoms with Crippen LogP contribution < -0.4 is 10.2 Å². The molecule has 200 valence electrons. The monoisotopic (exact) mass is 542 g/mol. The molecule has 2 aliphatic heterocycles. The number of nitrogens with one attached hydrogen (secondary N) is 1. The quantitative estimate of drug-likeness (QED) is 0.493. The van der Waals surface area contributed by atoms with Crippen LogP contribution in [-0.2, 0) is 19.3 Å². The third kappa shape index (κ3) is 5.95. The summed E-state index contributed by atoms with van der Waals surface area (Å²) in [6, 6.07) is 8.12. The summed E-state index contributed by atoms with van der Waals surface area (Å²) in [4.78, 5) is 28.9. The highest BCUT2D eigenvalue weighted by molar-refractivity contribution is 7.99. The molecule has 5 rings (SSSR count). The van der Waals surface area contributed by atoms with Crippen LogP contribution in [0.25, 0.3) is 0 Å². The lowest BCUT2D eigenvalue weighted by atomic mass is 9.99. The van der Waals surface area contributed by atoms with Crippen LogP contribution in [-0.4, -0.2) is 64.8 Å². The molecule has 7 nitrogen and oxygen atoms in total. The number of likely N-dealkylation sites (N-methyl/N-ethyl adjacent to an activating group) is 1. The number of anilines is 2. The Balaban J connectivity index is 1.37. The van der Waals surface area contributed by atoms with Crippen molar-refractivity contribution in [1.82, 2.24) is 19.8 Å². The lowest BCUT2D eigenvalue weighted by Crippen LogP contribution is -2.44. The summed E-state index contributed by atoms with van der Waals surface area (Å²) in [5.41, 5.74) is 2.44. The van der Waals surface area contributed by atoms with Crippen molar-refractivity contribution in [1.29, 1.82) is 0 Å². The van der Waals surface area contributed by atoms with Crippen molar-refractivity contribution in [3.63, 3.8) is 0 Å². The molecule has 38 heavy (non-hydrogen) atoms. The van der Waals surface area contributed by atoms with Gasteiger partial charge in [-0.15, -0.1) is 11.8 Å². The molecule has 3 heterocycles. The number of alkyl halides is 3. The molecule has 0 atom stereocenters. The SMILES string of the molecule is Cc1c(CN2CCN(C)CC2)cc(NC(=O)c2ccc3c(c2)CN(c2cncnc2)CS3)cc1C(F)(F)F. The van der Waals surface area contributed by atoms with Gasteiger partial charge in [0.1, 0.15) is 6.33 Å². The molecule has 0 aliphatic carbocycles. The second-order valence-corrected chi connectivity index (χ2v) is 10.7. The van der Waals surface area contributed by atoms with Crippen molar-refractivity contribution in [3.05, 3.63) is 76.9 Å². The highest BCUT2D eigenvalue weighted by Gasteiger charge is 2.34. The number of hydrogen-bond donors (Lipinski definition) is 1. The van der Waals surface area contributed by atoms with E-state index in [1.165, 1.54) is 13.3 Å². The first-order valence-electron chi connectivity index (χ1n) is 12.4. The van der Waals surface area contributed by atoms with E-state index in [9.17, 15) is 18.0 Å². The smallest absolute Gasteiger partial charge is 0.355 e. The highest BCUT2D eigenvalue weighted by Crippen LogP contribution is 2.37. The van der Waals surface area contributed by atoms with Gasteiger partial charge in [-0.2, -0.15) is 13.2 Å². The third-order valence-corrected chi connectivity index (χ3v) is 8.19. The number of hydrogen-bond acceptors (Lipinski definition) is 7. The Kier molecular flexibility index (Phi) is 7.60. The van der Waals surface area contributed by atoms with Crippen molar-refractivity contribution in [3.8, 4) is 0 Å². The average molecular weight is 543 g/mol. The number of benzene rings is 2. The molecule has 1 amide bonds. The van der Waals surface area contributed by atoms with Gasteiger partial charge in [0.05, 0.1) is 29.5 Å². The topological polar surface area (TPSA) is 64.6 Å². The molecule has 0 spiro atoms. The number of amides is 1. The standard InChI is InChI=1S/C27H29F3N6OS/c1-18-20(14-35-7-5-34(2)6-8-35)10-22(11-24(18)27(28,29)30)33-26(37)19-3-4-25-21(9-19)15-36(17-38-25)23-12-31-16-32-13-23/h3-4,9-13,16H,5-8,14-15,17H2,1-2H3,(H,33,37). The van der Waals surface area contributed by atoms with Crippen LogP contribution in [0.1, 0.15) is 32.6 Å². The number of thioether (sulfide) groups is 1. The van der Waals surface area contributed by atoms with Gasteiger partial charge in [0.2, 0.25) is 0 Å². The molecule has 0 unspecified atom stereocenters. The van der Waals surface area contributed by atoms with Crippen LogP contribution in [0.2, 0.25) is 0 Å². The number of fused-ring (bicyclic) bond motifs is 1. The maximum atomic E-state index is 13.9. The van der Waals surface area contributed by atoms with Gasteiger partial charge in [-0.05, 0) is 61.0 Å². The van der Waals surface area contributed by atoms with Gasteiger partial charge in [-0.25, -0.2) is 9.97 Å². The molecule has 0 bridgehead atoms. The molecule has 0 radical (unpaired) electrons. The van der Waals surface area contributed by atoms with Crippen LogP contribution >= 0.6 is 11.8 Å². The van der Waals surface area contributed by atoms with E-state index in [1.54, 1.807) is 42.4 Å². The number of halogens is 3. The molecule has 3 aromatic rings. The fraction of sp³-hybridized carbons (Fsp3) is 0.370. The maximum absolute atomic E-state index is 13.9. The highest BCUT2D eigenvalue weighted by atomic mass is 32.2. The largest absolute Gasteiger partial charge is 0.416 e. The van der Waals surface area contributed by atoms with Gasteiger partial charge in [0, 0.05) is 55.4 Å². The predicted octanol–water partition coefficient (Wildman–Crippen LogP) is 4.87. The van der Waals surface area contributed by atoms with Gasteiger partial charge >= 0.3 is 6.18 Å². The molecule has 2 aromatic carbocycles. The second-order valence-electron chi connectivity index (χ2n) is 9.73. The van der Waals surface area contributed by atoms with E-state index in [1.807, 2.05) is 13.1 Å². The van der Waals surface area contributed by atoms with E-state index in [-0.39, 0.29) is 11.3 Å². The Morgan fingerprint density at radius 3 is 2.53 bits per heavy atom. The lowest BCUT2D eigenvalue weighted by molar-refractivity contribution is -0.138. The third-order valence-electron chi connectivity index (χ3n) is 7.04. The Morgan fingerprint density at radius 1 is 1.08 bits per heavy atom. The molecule has 11 heteroatoms. The first-order valence-corrected chi connectivity index (χ1v) is 13.3. The normalized spacial score (nSPS) is 16.8. The molecule has 1 aromatic heterocycles. The minimum atomic E-state index is -4.52. The van der Waals surface area contributed by atoms with E-state index in [0.29, 0.717) is 24.2 Å². The van der Waals surface area contributed by atoms with E-state index < -0.39 is 17.6 Å². The predicted molar refractivity (Wildman–Crippen MR) is 142 cm³/mol. The first-order chi connectivity index (χ1) is 18.2. The van der Waals surface area contributed by atoms with Gasteiger partial charge in [0.15, 0.2) is 0 Å². The summed E-state index contributed by atoms with van der Waals surface area (Å²) in [6.07, 6.45) is 0.438. The zero-order valence-electron chi connectivity index (χ0n) is 21.3. The van der Waals surface area contributed by atoms with E-state index in [2.05, 4.69) is 30.0 Å².